The molecule has 0 aliphatic rings. The first kappa shape index (κ1) is 13.5. The van der Waals surface area contributed by atoms with E-state index in [1.54, 1.807) is 6.92 Å². The summed E-state index contributed by atoms with van der Waals surface area (Å²) in [5.74, 6) is -0.0449. The SMILES string of the molecule is Cc1ccc(-c2nc3sc(C(N)=O)c(C)c3c(=O)[nH]2)cc1. The highest BCUT2D eigenvalue weighted by Crippen LogP contribution is 2.28. The molecule has 21 heavy (non-hydrogen) atoms. The van der Waals surface area contributed by atoms with E-state index in [9.17, 15) is 9.59 Å². The van der Waals surface area contributed by atoms with Crippen molar-refractivity contribution in [2.75, 3.05) is 0 Å². The van der Waals surface area contributed by atoms with Crippen LogP contribution in [-0.4, -0.2) is 15.9 Å². The molecule has 0 bridgehead atoms. The van der Waals surface area contributed by atoms with Crippen LogP contribution < -0.4 is 11.3 Å². The molecule has 0 saturated heterocycles. The molecule has 1 aromatic carbocycles. The minimum absolute atomic E-state index is 0.253. The second-order valence-electron chi connectivity index (χ2n) is 4.88. The number of nitrogens with two attached hydrogens (primary N) is 1. The van der Waals surface area contributed by atoms with Crippen LogP contribution in [0, 0.1) is 13.8 Å². The van der Waals surface area contributed by atoms with Crippen molar-refractivity contribution in [3.63, 3.8) is 0 Å². The third-order valence-corrected chi connectivity index (χ3v) is 4.55. The Balaban J connectivity index is 2.26. The molecule has 0 radical (unpaired) electrons. The van der Waals surface area contributed by atoms with Gasteiger partial charge in [0, 0.05) is 5.56 Å². The van der Waals surface area contributed by atoms with Gasteiger partial charge in [-0.3, -0.25) is 9.59 Å². The lowest BCUT2D eigenvalue weighted by atomic mass is 10.1. The average Bonchev–Trinajstić information content (AvgIpc) is 2.77. The summed E-state index contributed by atoms with van der Waals surface area (Å²) in [5, 5.41) is 0.435. The maximum atomic E-state index is 12.3. The number of fused-ring (bicyclic) bond motifs is 1. The van der Waals surface area contributed by atoms with Crippen molar-refractivity contribution in [3.05, 3.63) is 50.6 Å². The molecule has 0 fully saturated rings. The molecule has 106 valence electrons. The van der Waals surface area contributed by atoms with Gasteiger partial charge < -0.3 is 10.7 Å². The molecule has 0 atom stereocenters. The molecular weight excluding hydrogens is 286 g/mol. The van der Waals surface area contributed by atoms with Gasteiger partial charge in [-0.25, -0.2) is 4.98 Å². The van der Waals surface area contributed by atoms with Gasteiger partial charge in [0.2, 0.25) is 0 Å². The summed E-state index contributed by atoms with van der Waals surface area (Å²) >= 11 is 1.15. The quantitative estimate of drug-likeness (QED) is 0.761. The van der Waals surface area contributed by atoms with Crippen LogP contribution in [0.1, 0.15) is 20.8 Å². The van der Waals surface area contributed by atoms with Gasteiger partial charge in [-0.15, -0.1) is 11.3 Å². The van der Waals surface area contributed by atoms with Crippen molar-refractivity contribution < 1.29 is 4.79 Å². The molecule has 0 aliphatic carbocycles. The molecule has 0 saturated carbocycles. The Morgan fingerprint density at radius 3 is 2.52 bits per heavy atom. The van der Waals surface area contributed by atoms with E-state index in [1.165, 1.54) is 0 Å². The minimum atomic E-state index is -0.535. The Labute approximate surface area is 124 Å². The van der Waals surface area contributed by atoms with E-state index < -0.39 is 5.91 Å². The van der Waals surface area contributed by atoms with Gasteiger partial charge in [0.05, 0.1) is 10.3 Å². The van der Waals surface area contributed by atoms with E-state index in [2.05, 4.69) is 9.97 Å². The number of primary amides is 1. The van der Waals surface area contributed by atoms with Gasteiger partial charge >= 0.3 is 0 Å². The summed E-state index contributed by atoms with van der Waals surface area (Å²) in [4.78, 5) is 31.8. The molecule has 0 unspecified atom stereocenters. The summed E-state index contributed by atoms with van der Waals surface area (Å²) < 4.78 is 0. The number of H-pyrrole nitrogens is 1. The van der Waals surface area contributed by atoms with Gasteiger partial charge in [0.25, 0.3) is 11.5 Å². The highest BCUT2D eigenvalue weighted by Gasteiger charge is 2.17. The Kier molecular flexibility index (Phi) is 3.10. The predicted octanol–water partition coefficient (Wildman–Crippen LogP) is 2.37. The first-order chi connectivity index (χ1) is 9.97. The lowest BCUT2D eigenvalue weighted by Gasteiger charge is -2.01. The van der Waals surface area contributed by atoms with Gasteiger partial charge in [-0.2, -0.15) is 0 Å². The summed E-state index contributed by atoms with van der Waals surface area (Å²) in [5.41, 5.74) is 7.62. The van der Waals surface area contributed by atoms with Gasteiger partial charge in [0.15, 0.2) is 0 Å². The normalized spacial score (nSPS) is 11.0. The minimum Gasteiger partial charge on any atom is -0.365 e. The summed E-state index contributed by atoms with van der Waals surface area (Å²) in [6.07, 6.45) is 0. The molecule has 3 N–H and O–H groups in total. The smallest absolute Gasteiger partial charge is 0.260 e. The first-order valence-electron chi connectivity index (χ1n) is 6.37. The summed E-state index contributed by atoms with van der Waals surface area (Å²) in [7, 11) is 0. The molecule has 3 aromatic rings. The fourth-order valence-electron chi connectivity index (χ4n) is 2.23. The van der Waals surface area contributed by atoms with E-state index in [0.29, 0.717) is 26.5 Å². The van der Waals surface area contributed by atoms with E-state index in [0.717, 1.165) is 22.5 Å². The maximum absolute atomic E-state index is 12.3. The monoisotopic (exact) mass is 299 g/mol. The topological polar surface area (TPSA) is 88.8 Å². The maximum Gasteiger partial charge on any atom is 0.260 e. The number of aryl methyl sites for hydroxylation is 2. The third kappa shape index (κ3) is 2.23. The summed E-state index contributed by atoms with van der Waals surface area (Å²) in [6.45, 7) is 3.70. The number of nitrogens with one attached hydrogen (secondary N) is 1. The summed E-state index contributed by atoms with van der Waals surface area (Å²) in [6, 6.07) is 7.70. The van der Waals surface area contributed by atoms with E-state index in [1.807, 2.05) is 31.2 Å². The van der Waals surface area contributed by atoms with Crippen molar-refractivity contribution in [3.8, 4) is 11.4 Å². The molecule has 3 rings (SSSR count). The van der Waals surface area contributed by atoms with Crippen molar-refractivity contribution in [1.29, 1.82) is 0 Å². The van der Waals surface area contributed by atoms with Crippen molar-refractivity contribution in [2.45, 2.75) is 13.8 Å². The molecule has 2 aromatic heterocycles. The highest BCUT2D eigenvalue weighted by molar-refractivity contribution is 7.20. The third-order valence-electron chi connectivity index (χ3n) is 3.35. The van der Waals surface area contributed by atoms with E-state index in [4.69, 9.17) is 5.73 Å². The molecule has 0 aliphatic heterocycles. The number of carbonyl (C=O) groups is 1. The van der Waals surface area contributed by atoms with Gasteiger partial charge in [-0.1, -0.05) is 29.8 Å². The molecule has 0 spiro atoms. The largest absolute Gasteiger partial charge is 0.365 e. The Morgan fingerprint density at radius 2 is 1.90 bits per heavy atom. The highest BCUT2D eigenvalue weighted by atomic mass is 32.1. The van der Waals surface area contributed by atoms with Crippen LogP contribution in [0.25, 0.3) is 21.6 Å². The Morgan fingerprint density at radius 1 is 1.24 bits per heavy atom. The van der Waals surface area contributed by atoms with Crippen LogP contribution in [0.3, 0.4) is 0 Å². The number of amides is 1. The van der Waals surface area contributed by atoms with Crippen LogP contribution in [0.4, 0.5) is 0 Å². The molecular formula is C15H13N3O2S. The number of thiophene rings is 1. The number of carbonyl (C=O) groups excluding carboxylic acids is 1. The Hall–Kier alpha value is -2.47. The second-order valence-corrected chi connectivity index (χ2v) is 5.88. The number of aromatic nitrogens is 2. The molecule has 1 amide bonds. The van der Waals surface area contributed by atoms with Crippen molar-refractivity contribution >= 4 is 27.5 Å². The van der Waals surface area contributed by atoms with Crippen LogP contribution in [-0.2, 0) is 0 Å². The number of aromatic amines is 1. The predicted molar refractivity (Wildman–Crippen MR) is 83.7 cm³/mol. The number of hydrogen-bond acceptors (Lipinski definition) is 4. The van der Waals surface area contributed by atoms with E-state index in [-0.39, 0.29) is 5.56 Å². The van der Waals surface area contributed by atoms with Crippen molar-refractivity contribution in [2.24, 2.45) is 5.73 Å². The Bertz CT molecular complexity index is 907. The first-order valence-corrected chi connectivity index (χ1v) is 7.19. The standard InChI is InChI=1S/C15H13N3O2S/c1-7-3-5-9(6-4-7)13-17-14(20)10-8(2)11(12(16)19)21-15(10)18-13/h3-6H,1-2H3,(H2,16,19)(H,17,18,20). The average molecular weight is 299 g/mol. The lowest BCUT2D eigenvalue weighted by Crippen LogP contribution is -2.12. The molecule has 2 heterocycles. The fourth-order valence-corrected chi connectivity index (χ4v) is 3.26. The number of benzene rings is 1. The zero-order valence-electron chi connectivity index (χ0n) is 11.6. The zero-order chi connectivity index (χ0) is 15.1. The number of hydrogen-bond donors (Lipinski definition) is 2. The van der Waals surface area contributed by atoms with E-state index >= 15 is 0 Å². The number of nitrogens with zero attached hydrogens (tertiary/aromatic N) is 1. The molecule has 5 nitrogen and oxygen atoms in total. The van der Waals surface area contributed by atoms with Gasteiger partial charge in [-0.05, 0) is 19.4 Å². The number of rotatable bonds is 2. The van der Waals surface area contributed by atoms with Crippen LogP contribution in [0.2, 0.25) is 0 Å². The lowest BCUT2D eigenvalue weighted by molar-refractivity contribution is 0.100. The van der Waals surface area contributed by atoms with Crippen LogP contribution in [0.5, 0.6) is 0 Å². The van der Waals surface area contributed by atoms with Gasteiger partial charge in [0.1, 0.15) is 10.7 Å². The van der Waals surface area contributed by atoms with Crippen LogP contribution >= 0.6 is 11.3 Å². The molecule has 6 heteroatoms. The van der Waals surface area contributed by atoms with Crippen LogP contribution in [0.15, 0.2) is 29.1 Å². The van der Waals surface area contributed by atoms with Crippen molar-refractivity contribution in [1.82, 2.24) is 9.97 Å². The fraction of sp³-hybridized carbons (Fsp3) is 0.133. The zero-order valence-corrected chi connectivity index (χ0v) is 12.4. The second kappa shape index (κ2) is 4.82.